The highest BCUT2D eigenvalue weighted by Gasteiger charge is 2.38. The lowest BCUT2D eigenvalue weighted by Gasteiger charge is -2.30. The van der Waals surface area contributed by atoms with Gasteiger partial charge in [-0.05, 0) is 54.9 Å². The Hall–Kier alpha value is -1.46. The number of benzene rings is 1. The van der Waals surface area contributed by atoms with Crippen LogP contribution in [-0.4, -0.2) is 29.0 Å². The molecule has 0 unspecified atom stereocenters. The molecule has 11 heteroatoms. The lowest BCUT2D eigenvalue weighted by molar-refractivity contribution is -0.137. The lowest BCUT2D eigenvalue weighted by Crippen LogP contribution is -2.39. The van der Waals surface area contributed by atoms with Crippen molar-refractivity contribution in [3.05, 3.63) is 40.0 Å². The molecule has 6 nitrogen and oxygen atoms in total. The van der Waals surface area contributed by atoms with E-state index in [2.05, 4.69) is 26.1 Å². The van der Waals surface area contributed by atoms with Crippen molar-refractivity contribution in [2.75, 3.05) is 0 Å². The van der Waals surface area contributed by atoms with Crippen LogP contribution >= 0.6 is 15.9 Å². The average molecular weight is 498 g/mol. The van der Waals surface area contributed by atoms with Crippen molar-refractivity contribution in [1.29, 1.82) is 0 Å². The molecule has 1 heterocycles. The zero-order valence-electron chi connectivity index (χ0n) is 16.9. The normalized spacial score (nSPS) is 14.6. The van der Waals surface area contributed by atoms with Gasteiger partial charge in [-0.3, -0.25) is 0 Å². The third-order valence-corrected chi connectivity index (χ3v) is 7.27. The first-order valence-corrected chi connectivity index (χ1v) is 11.0. The van der Waals surface area contributed by atoms with Crippen LogP contribution in [0.5, 0.6) is 0 Å². The van der Waals surface area contributed by atoms with Crippen LogP contribution in [0.2, 0.25) is 0 Å². The predicted molar refractivity (Wildman–Crippen MR) is 105 cm³/mol. The second-order valence-corrected chi connectivity index (χ2v) is 10.6. The maximum absolute atomic E-state index is 13.3. The molecule has 1 aromatic heterocycles. The number of halogens is 4. The number of hydrogen-bond donors (Lipinski definition) is 0. The van der Waals surface area contributed by atoms with Gasteiger partial charge in [0, 0.05) is 15.9 Å². The molecule has 0 aliphatic rings. The molecule has 162 valence electrons. The molecule has 0 amide bonds. The second-order valence-electron chi connectivity index (χ2n) is 7.94. The van der Waals surface area contributed by atoms with Gasteiger partial charge < -0.3 is 4.42 Å². The standard InChI is InChI=1S/C18H23BrF3N3O3S/c1-10(2)25(11(3)15-23-24-16(28-15)17(4,5)6)29(26,27)14-8-7-12(9-13(14)19)18(20,21)22/h7-11H,1-6H3/t11-/m0/s1. The Kier molecular flexibility index (Phi) is 6.56. The van der Waals surface area contributed by atoms with Gasteiger partial charge in [-0.2, -0.15) is 17.5 Å². The molecule has 0 fully saturated rings. The summed E-state index contributed by atoms with van der Waals surface area (Å²) in [5.74, 6) is 0.464. The number of aromatic nitrogens is 2. The van der Waals surface area contributed by atoms with Gasteiger partial charge in [0.15, 0.2) is 0 Å². The molecule has 1 atom stereocenters. The van der Waals surface area contributed by atoms with Gasteiger partial charge in [-0.15, -0.1) is 10.2 Å². The van der Waals surface area contributed by atoms with E-state index in [1.165, 1.54) is 0 Å². The predicted octanol–water partition coefficient (Wildman–Crippen LogP) is 5.31. The summed E-state index contributed by atoms with van der Waals surface area (Å²) in [4.78, 5) is -0.276. The van der Waals surface area contributed by atoms with Crippen LogP contribution in [-0.2, 0) is 21.6 Å². The number of alkyl halides is 3. The van der Waals surface area contributed by atoms with Crippen molar-refractivity contribution in [2.24, 2.45) is 0 Å². The van der Waals surface area contributed by atoms with E-state index in [1.807, 2.05) is 20.8 Å². The van der Waals surface area contributed by atoms with Crippen molar-refractivity contribution < 1.29 is 26.0 Å². The van der Waals surface area contributed by atoms with Gasteiger partial charge in [0.1, 0.15) is 6.04 Å². The van der Waals surface area contributed by atoms with Crippen molar-refractivity contribution in [2.45, 2.75) is 70.1 Å². The van der Waals surface area contributed by atoms with E-state index in [0.29, 0.717) is 5.89 Å². The van der Waals surface area contributed by atoms with Crippen molar-refractivity contribution >= 4 is 26.0 Å². The molecule has 0 spiro atoms. The topological polar surface area (TPSA) is 76.3 Å². The lowest BCUT2D eigenvalue weighted by atomic mass is 9.97. The van der Waals surface area contributed by atoms with Crippen LogP contribution in [0, 0.1) is 0 Å². The minimum Gasteiger partial charge on any atom is -0.423 e. The van der Waals surface area contributed by atoms with Crippen LogP contribution in [0.25, 0.3) is 0 Å². The van der Waals surface area contributed by atoms with E-state index in [4.69, 9.17) is 4.42 Å². The largest absolute Gasteiger partial charge is 0.423 e. The Morgan fingerprint density at radius 3 is 2.10 bits per heavy atom. The molecule has 2 aromatic rings. The zero-order valence-corrected chi connectivity index (χ0v) is 19.3. The number of hydrogen-bond acceptors (Lipinski definition) is 5. The fourth-order valence-electron chi connectivity index (χ4n) is 2.75. The van der Waals surface area contributed by atoms with Crippen molar-refractivity contribution in [3.63, 3.8) is 0 Å². The minimum atomic E-state index is -4.58. The average Bonchev–Trinajstić information content (AvgIpc) is 3.03. The third kappa shape index (κ3) is 5.00. The van der Waals surface area contributed by atoms with Gasteiger partial charge in [0.25, 0.3) is 0 Å². The molecule has 1 aromatic carbocycles. The maximum atomic E-state index is 13.3. The second kappa shape index (κ2) is 7.99. The summed E-state index contributed by atoms with van der Waals surface area (Å²) in [7, 11) is -4.18. The molecular weight excluding hydrogens is 475 g/mol. The van der Waals surface area contributed by atoms with Crippen LogP contribution in [0.4, 0.5) is 13.2 Å². The van der Waals surface area contributed by atoms with Crippen molar-refractivity contribution in [1.82, 2.24) is 14.5 Å². The molecule has 0 aliphatic carbocycles. The minimum absolute atomic E-state index is 0.107. The summed E-state index contributed by atoms with van der Waals surface area (Å²) < 4.78 is 72.0. The smallest absolute Gasteiger partial charge is 0.416 e. The first-order valence-electron chi connectivity index (χ1n) is 8.81. The third-order valence-electron chi connectivity index (χ3n) is 4.14. The highest BCUT2D eigenvalue weighted by atomic mass is 79.9. The monoisotopic (exact) mass is 497 g/mol. The summed E-state index contributed by atoms with van der Waals surface area (Å²) in [6, 6.07) is 1.09. The fraction of sp³-hybridized carbons (Fsp3) is 0.556. The van der Waals surface area contributed by atoms with E-state index < -0.39 is 39.3 Å². The molecule has 0 saturated carbocycles. The Labute approximate surface area is 176 Å². The summed E-state index contributed by atoms with van der Waals surface area (Å²) in [5.41, 5.74) is -1.36. The van der Waals surface area contributed by atoms with E-state index in [-0.39, 0.29) is 15.3 Å². The zero-order chi connectivity index (χ0) is 22.4. The van der Waals surface area contributed by atoms with E-state index in [1.54, 1.807) is 20.8 Å². The molecule has 0 aliphatic heterocycles. The molecule has 0 N–H and O–H groups in total. The molecule has 0 radical (unpaired) electrons. The maximum Gasteiger partial charge on any atom is 0.416 e. The van der Waals surface area contributed by atoms with Gasteiger partial charge in [0.2, 0.25) is 21.8 Å². The van der Waals surface area contributed by atoms with Crippen molar-refractivity contribution in [3.8, 4) is 0 Å². The number of sulfonamides is 1. The highest BCUT2D eigenvalue weighted by molar-refractivity contribution is 9.10. The van der Waals surface area contributed by atoms with Crippen LogP contribution < -0.4 is 0 Å². The molecular formula is C18H23BrF3N3O3S. The Balaban J connectivity index is 2.50. The quantitative estimate of drug-likeness (QED) is 0.559. The van der Waals surface area contributed by atoms with Gasteiger partial charge >= 0.3 is 6.18 Å². The van der Waals surface area contributed by atoms with E-state index in [0.717, 1.165) is 22.5 Å². The van der Waals surface area contributed by atoms with Crippen LogP contribution in [0.15, 0.2) is 32.0 Å². The molecule has 0 saturated heterocycles. The van der Waals surface area contributed by atoms with Crippen LogP contribution in [0.1, 0.15) is 64.9 Å². The van der Waals surface area contributed by atoms with Gasteiger partial charge in [0.05, 0.1) is 10.5 Å². The fourth-order valence-corrected chi connectivity index (χ4v) is 5.57. The number of nitrogens with zero attached hydrogens (tertiary/aromatic N) is 3. The molecule has 0 bridgehead atoms. The molecule has 2 rings (SSSR count). The summed E-state index contributed by atoms with van der Waals surface area (Å²) in [6.45, 7) is 10.6. The summed E-state index contributed by atoms with van der Waals surface area (Å²) in [5, 5.41) is 7.97. The Bertz CT molecular complexity index is 982. The Morgan fingerprint density at radius 2 is 1.69 bits per heavy atom. The highest BCUT2D eigenvalue weighted by Crippen LogP contribution is 2.37. The van der Waals surface area contributed by atoms with E-state index >= 15 is 0 Å². The van der Waals surface area contributed by atoms with Crippen LogP contribution in [0.3, 0.4) is 0 Å². The first kappa shape index (κ1) is 23.8. The van der Waals surface area contributed by atoms with E-state index in [9.17, 15) is 21.6 Å². The van der Waals surface area contributed by atoms with Gasteiger partial charge in [-0.25, -0.2) is 8.42 Å². The summed E-state index contributed by atoms with van der Waals surface area (Å²) >= 11 is 2.97. The molecule has 29 heavy (non-hydrogen) atoms. The first-order chi connectivity index (χ1) is 13.1. The number of rotatable bonds is 5. The summed E-state index contributed by atoms with van der Waals surface area (Å²) in [6.07, 6.45) is -4.58. The van der Waals surface area contributed by atoms with Gasteiger partial charge in [-0.1, -0.05) is 20.8 Å². The SMILES string of the molecule is CC(C)N([C@@H](C)c1nnc(C(C)(C)C)o1)S(=O)(=O)c1ccc(C(F)(F)F)cc1Br. The Morgan fingerprint density at radius 1 is 1.10 bits per heavy atom.